The maximum atomic E-state index is 12.5. The zero-order chi connectivity index (χ0) is 34.3. The zero-order valence-corrected chi connectivity index (χ0v) is 26.2. The van der Waals surface area contributed by atoms with Gasteiger partial charge in [0, 0.05) is 10.6 Å². The van der Waals surface area contributed by atoms with Crippen LogP contribution in [-0.4, -0.2) is 105 Å². The van der Waals surface area contributed by atoms with Gasteiger partial charge in [0.05, 0.1) is 12.9 Å². The average Bonchev–Trinajstić information content (AvgIpc) is 3.64. The lowest BCUT2D eigenvalue weighted by atomic mass is 10.1. The van der Waals surface area contributed by atoms with Gasteiger partial charge in [0.2, 0.25) is 0 Å². The van der Waals surface area contributed by atoms with E-state index in [1.165, 1.54) is 29.1 Å². The van der Waals surface area contributed by atoms with Crippen molar-refractivity contribution < 1.29 is 80.4 Å². The van der Waals surface area contributed by atoms with Crippen molar-refractivity contribution in [1.82, 2.24) is 19.5 Å². The van der Waals surface area contributed by atoms with Crippen LogP contribution in [0.2, 0.25) is 0 Å². The summed E-state index contributed by atoms with van der Waals surface area (Å²) >= 11 is 0. The number of amides is 1. The van der Waals surface area contributed by atoms with Crippen molar-refractivity contribution in [2.45, 2.75) is 49.1 Å². The van der Waals surface area contributed by atoms with Gasteiger partial charge >= 0.3 is 23.9 Å². The molecule has 0 bridgehead atoms. The van der Waals surface area contributed by atoms with Crippen molar-refractivity contribution in [3.63, 3.8) is 0 Å². The van der Waals surface area contributed by atoms with Gasteiger partial charge in [-0.15, -0.1) is 4.52 Å². The SMILES string of the molecule is NC(=O)c1ccc[n+]([C@@H]2O[C@H](CO[P+](=O)OP(=O)(O)OC[C@H]3O[C@@H](n4cnc5c(N)ncnc54)[C@H](OP(=O)(O)O)[C@@H]3O)[C@@H](O)[C@H]2O)c1. The number of fused-ring (bicyclic) bond motifs is 1. The molecule has 256 valence electrons. The molecule has 3 aromatic rings. The number of pyridine rings is 1. The molecule has 26 heteroatoms. The van der Waals surface area contributed by atoms with E-state index >= 15 is 0 Å². The maximum absolute atomic E-state index is 12.5. The molecule has 2 fully saturated rings. The number of aliphatic hydroxyl groups is 3. The third kappa shape index (κ3) is 8.03. The Morgan fingerprint density at radius 2 is 1.79 bits per heavy atom. The first-order chi connectivity index (χ1) is 22.0. The topological polar surface area (TPSA) is 345 Å². The molecule has 2 aliphatic rings. The van der Waals surface area contributed by atoms with Crippen LogP contribution in [0.4, 0.5) is 5.82 Å². The van der Waals surface area contributed by atoms with Crippen molar-refractivity contribution in [2.75, 3.05) is 18.9 Å². The van der Waals surface area contributed by atoms with Crippen LogP contribution in [0.1, 0.15) is 22.8 Å². The second kappa shape index (κ2) is 13.9. The molecule has 5 heterocycles. The van der Waals surface area contributed by atoms with E-state index in [1.54, 1.807) is 0 Å². The maximum Gasteiger partial charge on any atom is 0.708 e. The highest BCUT2D eigenvalue weighted by molar-refractivity contribution is 7.56. The summed E-state index contributed by atoms with van der Waals surface area (Å²) in [7, 11) is -13.9. The number of carbonyl (C=O) groups excluding carboxylic acids is 1. The first kappa shape index (κ1) is 35.4. The number of nitrogen functional groups attached to an aromatic ring is 1. The molecular formula is C21H28N7O16P3+2. The highest BCUT2D eigenvalue weighted by Gasteiger charge is 2.52. The van der Waals surface area contributed by atoms with E-state index in [-0.39, 0.29) is 22.5 Å². The van der Waals surface area contributed by atoms with E-state index in [2.05, 4.69) is 19.3 Å². The fraction of sp³-hybridized carbons (Fsp3) is 0.476. The van der Waals surface area contributed by atoms with Gasteiger partial charge in [-0.3, -0.25) is 23.3 Å². The lowest BCUT2D eigenvalue weighted by Gasteiger charge is -2.22. The molecule has 2 saturated heterocycles. The van der Waals surface area contributed by atoms with Crippen molar-refractivity contribution >= 4 is 46.8 Å². The van der Waals surface area contributed by atoms with E-state index in [9.17, 15) is 48.5 Å². The van der Waals surface area contributed by atoms with Crippen LogP contribution >= 0.6 is 23.9 Å². The molecule has 0 aromatic carbocycles. The largest absolute Gasteiger partial charge is 0.708 e. The van der Waals surface area contributed by atoms with Crippen molar-refractivity contribution in [3.05, 3.63) is 42.7 Å². The van der Waals surface area contributed by atoms with Crippen LogP contribution in [0.3, 0.4) is 0 Å². The summed E-state index contributed by atoms with van der Waals surface area (Å²) in [4.78, 5) is 52.1. The minimum atomic E-state index is -5.23. The number of ether oxygens (including phenoxy) is 2. The molecular weight excluding hydrogens is 699 g/mol. The van der Waals surface area contributed by atoms with Crippen LogP contribution in [0.5, 0.6) is 0 Å². The lowest BCUT2D eigenvalue weighted by Crippen LogP contribution is -2.46. The molecule has 0 spiro atoms. The van der Waals surface area contributed by atoms with E-state index in [0.717, 1.165) is 17.2 Å². The standard InChI is InChI=1S/C21H26N7O16P3/c22-17-12-19(25-7-24-17)28(8-26-12)21-16(43-46(34,35)36)14(30)11(42-21)6-40-47(37,38)44-45(33)39-5-10-13(29)15(31)20(41-10)27-3-1-2-9(4-27)18(23)32/h1-4,7-8,10-11,13-16,20-21,29-31H,5-6H2,(H5-2,22,23,24,25,32,34,35,36,37,38)/p+2/t10-,11-,13-,14-,15-,16-,20-,21-/m1/s1. The van der Waals surface area contributed by atoms with Crippen LogP contribution in [0, 0.1) is 0 Å². The second-order valence-electron chi connectivity index (χ2n) is 10.0. The molecule has 2 aliphatic heterocycles. The van der Waals surface area contributed by atoms with Crippen molar-refractivity contribution in [2.24, 2.45) is 5.73 Å². The number of aliphatic hydroxyl groups excluding tert-OH is 3. The molecule has 3 aromatic heterocycles. The van der Waals surface area contributed by atoms with Gasteiger partial charge in [-0.05, 0) is 10.4 Å². The van der Waals surface area contributed by atoms with E-state index < -0.39 is 92.1 Å². The highest BCUT2D eigenvalue weighted by atomic mass is 31.2. The first-order valence-electron chi connectivity index (χ1n) is 13.1. The van der Waals surface area contributed by atoms with Crippen LogP contribution in [0.15, 0.2) is 37.2 Å². The number of phosphoric acid groups is 2. The molecule has 5 rings (SSSR count). The van der Waals surface area contributed by atoms with Crippen molar-refractivity contribution in [1.29, 1.82) is 0 Å². The molecule has 0 radical (unpaired) electrons. The number of aromatic nitrogens is 5. The summed E-state index contributed by atoms with van der Waals surface area (Å²) < 4.78 is 68.8. The highest BCUT2D eigenvalue weighted by Crippen LogP contribution is 2.53. The number of nitrogens with two attached hydrogens (primary N) is 2. The molecule has 0 saturated carbocycles. The summed E-state index contributed by atoms with van der Waals surface area (Å²) in [5.41, 5.74) is 11.2. The predicted octanol–water partition coefficient (Wildman–Crippen LogP) is -2.34. The van der Waals surface area contributed by atoms with Gasteiger partial charge < -0.3 is 46.0 Å². The van der Waals surface area contributed by atoms with Gasteiger partial charge in [0.15, 0.2) is 36.2 Å². The number of carbonyl (C=O) groups is 1. The quantitative estimate of drug-likeness (QED) is 0.0675. The third-order valence-electron chi connectivity index (χ3n) is 6.89. The number of hydrogen-bond acceptors (Lipinski definition) is 17. The van der Waals surface area contributed by atoms with Crippen LogP contribution < -0.4 is 16.0 Å². The molecule has 1 amide bonds. The Morgan fingerprint density at radius 3 is 2.49 bits per heavy atom. The predicted molar refractivity (Wildman–Crippen MR) is 148 cm³/mol. The fourth-order valence-corrected chi connectivity index (χ4v) is 6.95. The number of phosphoric ester groups is 2. The lowest BCUT2D eigenvalue weighted by molar-refractivity contribution is -0.765. The molecule has 2 unspecified atom stereocenters. The van der Waals surface area contributed by atoms with Gasteiger partial charge in [0.1, 0.15) is 54.5 Å². The Labute approximate surface area is 263 Å². The minimum absolute atomic E-state index is 0.0341. The molecule has 23 nitrogen and oxygen atoms in total. The summed E-state index contributed by atoms with van der Waals surface area (Å²) in [6.45, 7) is -1.67. The number of rotatable bonds is 13. The second-order valence-corrected chi connectivity index (χ2v) is 13.8. The zero-order valence-electron chi connectivity index (χ0n) is 23.5. The van der Waals surface area contributed by atoms with E-state index in [4.69, 9.17) is 34.5 Å². The number of imidazole rings is 1. The van der Waals surface area contributed by atoms with Crippen LogP contribution in [-0.2, 0) is 41.1 Å². The first-order valence-corrected chi connectivity index (χ1v) is 17.3. The molecule has 0 aliphatic carbocycles. The summed E-state index contributed by atoms with van der Waals surface area (Å²) in [6.07, 6.45) is -7.52. The number of hydrogen-bond donors (Lipinski definition) is 8. The minimum Gasteiger partial charge on any atom is -0.387 e. The Bertz CT molecular complexity index is 1740. The molecule has 10 atom stereocenters. The van der Waals surface area contributed by atoms with Gasteiger partial charge in [-0.1, -0.05) is 0 Å². The summed E-state index contributed by atoms with van der Waals surface area (Å²) in [5.74, 6) is -0.791. The third-order valence-corrected chi connectivity index (χ3v) is 9.60. The number of nitrogens with zero attached hydrogens (tertiary/aromatic N) is 5. The Kier molecular flexibility index (Phi) is 10.4. The van der Waals surface area contributed by atoms with E-state index in [0.29, 0.717) is 0 Å². The van der Waals surface area contributed by atoms with Gasteiger partial charge in [-0.25, -0.2) is 24.1 Å². The summed E-state index contributed by atoms with van der Waals surface area (Å²) in [5, 5.41) is 31.5. The monoisotopic (exact) mass is 727 g/mol. The summed E-state index contributed by atoms with van der Waals surface area (Å²) in [6, 6.07) is 2.86. The average molecular weight is 727 g/mol. The molecule has 10 N–H and O–H groups in total. The Balaban J connectivity index is 1.18. The number of anilines is 1. The normalized spacial score (nSPS) is 29.6. The number of primary amides is 1. The van der Waals surface area contributed by atoms with Gasteiger partial charge in [0.25, 0.3) is 12.1 Å². The fourth-order valence-electron chi connectivity index (χ4n) is 4.75. The van der Waals surface area contributed by atoms with Crippen LogP contribution in [0.25, 0.3) is 11.2 Å². The Hall–Kier alpha value is -2.95. The van der Waals surface area contributed by atoms with Gasteiger partial charge in [-0.2, -0.15) is 4.57 Å². The molecule has 47 heavy (non-hydrogen) atoms. The van der Waals surface area contributed by atoms with Crippen molar-refractivity contribution in [3.8, 4) is 0 Å². The smallest absolute Gasteiger partial charge is 0.387 e. The van der Waals surface area contributed by atoms with E-state index in [1.807, 2.05) is 0 Å². The Morgan fingerprint density at radius 1 is 1.06 bits per heavy atom.